The molecule has 2 atom stereocenters. The summed E-state index contributed by atoms with van der Waals surface area (Å²) in [5.41, 5.74) is -0.190. The number of piperazine rings is 1. The minimum absolute atomic E-state index is 0.00550. The van der Waals surface area contributed by atoms with Gasteiger partial charge in [0.2, 0.25) is 0 Å². The molecule has 30 heavy (non-hydrogen) atoms. The molecule has 1 aliphatic heterocycles. The maximum absolute atomic E-state index is 14.8. The second-order valence-corrected chi connectivity index (χ2v) is 8.55. The molecule has 4 rings (SSSR count). The highest BCUT2D eigenvalue weighted by molar-refractivity contribution is 6.34. The summed E-state index contributed by atoms with van der Waals surface area (Å²) in [6.45, 7) is 6.98. The molecule has 6 nitrogen and oxygen atoms in total. The van der Waals surface area contributed by atoms with E-state index in [0.29, 0.717) is 36.2 Å². The molecule has 0 aliphatic carbocycles. The maximum Gasteiger partial charge on any atom is 0.168 e. The van der Waals surface area contributed by atoms with Crippen LogP contribution >= 0.6 is 11.6 Å². The molecule has 0 radical (unpaired) electrons. The van der Waals surface area contributed by atoms with E-state index >= 15 is 0 Å². The van der Waals surface area contributed by atoms with Gasteiger partial charge in [-0.2, -0.15) is 0 Å². The second-order valence-electron chi connectivity index (χ2n) is 8.17. The number of pyridine rings is 2. The smallest absolute Gasteiger partial charge is 0.168 e. The standard InChI is InChI=1S/C21H24ClF2N5O/c1-11(2)21(3,30)15-10-29(8-7-25-15)20-14(24)9-13(23)17(27-20)16-12-5-4-6-26-19(12)28-18(16)22/h4-6,9,11,15,25,30H,7-8,10H2,1-3H3,(H,26,28)/t15-,21+/m0/s1. The van der Waals surface area contributed by atoms with Gasteiger partial charge in [0.1, 0.15) is 16.5 Å². The van der Waals surface area contributed by atoms with Gasteiger partial charge in [0.05, 0.1) is 11.6 Å². The molecule has 0 bridgehead atoms. The number of nitrogens with one attached hydrogen (secondary N) is 2. The Kier molecular flexibility index (Phi) is 5.42. The van der Waals surface area contributed by atoms with Crippen molar-refractivity contribution in [3.8, 4) is 11.3 Å². The number of fused-ring (bicyclic) bond motifs is 1. The van der Waals surface area contributed by atoms with Gasteiger partial charge in [-0.05, 0) is 25.0 Å². The van der Waals surface area contributed by atoms with Crippen LogP contribution in [0.3, 0.4) is 0 Å². The zero-order valence-corrected chi connectivity index (χ0v) is 17.8. The van der Waals surface area contributed by atoms with E-state index in [9.17, 15) is 13.9 Å². The number of aliphatic hydroxyl groups is 1. The Morgan fingerprint density at radius 2 is 2.10 bits per heavy atom. The lowest BCUT2D eigenvalue weighted by Gasteiger charge is -2.43. The summed E-state index contributed by atoms with van der Waals surface area (Å²) in [6, 6.07) is 4.01. The Labute approximate surface area is 178 Å². The summed E-state index contributed by atoms with van der Waals surface area (Å²) in [6.07, 6.45) is 1.60. The summed E-state index contributed by atoms with van der Waals surface area (Å²) < 4.78 is 29.5. The molecule has 4 heterocycles. The first-order valence-electron chi connectivity index (χ1n) is 9.89. The third kappa shape index (κ3) is 3.53. The van der Waals surface area contributed by atoms with Gasteiger partial charge in [0.15, 0.2) is 17.5 Å². The molecule has 0 unspecified atom stereocenters. The zero-order chi connectivity index (χ0) is 21.6. The zero-order valence-electron chi connectivity index (χ0n) is 17.0. The van der Waals surface area contributed by atoms with Gasteiger partial charge in [-0.1, -0.05) is 25.4 Å². The van der Waals surface area contributed by atoms with Crippen molar-refractivity contribution in [2.24, 2.45) is 5.92 Å². The quantitative estimate of drug-likeness (QED) is 0.582. The van der Waals surface area contributed by atoms with Gasteiger partial charge in [-0.25, -0.2) is 18.7 Å². The normalized spacial score (nSPS) is 19.5. The van der Waals surface area contributed by atoms with E-state index < -0.39 is 17.2 Å². The fourth-order valence-corrected chi connectivity index (χ4v) is 4.09. The lowest BCUT2D eigenvalue weighted by atomic mass is 9.84. The molecule has 1 saturated heterocycles. The number of aromatic nitrogens is 3. The number of H-pyrrole nitrogens is 1. The van der Waals surface area contributed by atoms with E-state index in [0.717, 1.165) is 6.07 Å². The Morgan fingerprint density at radius 1 is 1.33 bits per heavy atom. The fourth-order valence-electron chi connectivity index (χ4n) is 3.81. The highest BCUT2D eigenvalue weighted by Gasteiger charge is 2.38. The molecular weight excluding hydrogens is 412 g/mol. The number of hydrogen-bond acceptors (Lipinski definition) is 5. The number of rotatable bonds is 4. The SMILES string of the molecule is CC(C)[C@@](C)(O)[C@@H]1CN(c2nc(-c3c(Cl)[nH]c4ncccc34)c(F)cc2F)CCN1. The lowest BCUT2D eigenvalue weighted by molar-refractivity contribution is -0.0232. The summed E-state index contributed by atoms with van der Waals surface area (Å²) in [5, 5.41) is 15.0. The number of aromatic amines is 1. The fraction of sp³-hybridized carbons (Fsp3) is 0.429. The van der Waals surface area contributed by atoms with Gasteiger partial charge >= 0.3 is 0 Å². The van der Waals surface area contributed by atoms with Crippen molar-refractivity contribution in [3.05, 3.63) is 41.2 Å². The number of anilines is 1. The summed E-state index contributed by atoms with van der Waals surface area (Å²) in [4.78, 5) is 13.2. The predicted octanol–water partition coefficient (Wildman–Crippen LogP) is 3.74. The van der Waals surface area contributed by atoms with Crippen molar-refractivity contribution in [1.29, 1.82) is 0 Å². The third-order valence-electron chi connectivity index (χ3n) is 6.02. The summed E-state index contributed by atoms with van der Waals surface area (Å²) in [5.74, 6) is -1.53. The monoisotopic (exact) mass is 435 g/mol. The largest absolute Gasteiger partial charge is 0.388 e. The van der Waals surface area contributed by atoms with Crippen molar-refractivity contribution in [2.75, 3.05) is 24.5 Å². The van der Waals surface area contributed by atoms with Gasteiger partial charge < -0.3 is 20.3 Å². The molecule has 1 fully saturated rings. The van der Waals surface area contributed by atoms with Crippen molar-refractivity contribution in [1.82, 2.24) is 20.3 Å². The van der Waals surface area contributed by atoms with Crippen LogP contribution in [-0.2, 0) is 0 Å². The van der Waals surface area contributed by atoms with Crippen LogP contribution in [0, 0.1) is 17.6 Å². The van der Waals surface area contributed by atoms with Crippen molar-refractivity contribution in [3.63, 3.8) is 0 Å². The van der Waals surface area contributed by atoms with Gasteiger partial charge in [-0.15, -0.1) is 0 Å². The van der Waals surface area contributed by atoms with E-state index in [4.69, 9.17) is 11.6 Å². The van der Waals surface area contributed by atoms with E-state index in [1.165, 1.54) is 0 Å². The molecule has 3 aromatic rings. The van der Waals surface area contributed by atoms with Crippen molar-refractivity contribution >= 4 is 28.5 Å². The van der Waals surface area contributed by atoms with Crippen LogP contribution in [0.5, 0.6) is 0 Å². The second kappa shape index (κ2) is 7.76. The molecule has 3 aromatic heterocycles. The predicted molar refractivity (Wildman–Crippen MR) is 114 cm³/mol. The third-order valence-corrected chi connectivity index (χ3v) is 6.31. The summed E-state index contributed by atoms with van der Waals surface area (Å²) >= 11 is 6.32. The average molecular weight is 436 g/mol. The van der Waals surface area contributed by atoms with Crippen LogP contribution in [0.1, 0.15) is 20.8 Å². The molecular formula is C21H24ClF2N5O. The first kappa shape index (κ1) is 21.0. The summed E-state index contributed by atoms with van der Waals surface area (Å²) in [7, 11) is 0. The van der Waals surface area contributed by atoms with Crippen LogP contribution in [0.4, 0.5) is 14.6 Å². The average Bonchev–Trinajstić information content (AvgIpc) is 3.04. The van der Waals surface area contributed by atoms with E-state index in [1.807, 2.05) is 13.8 Å². The maximum atomic E-state index is 14.8. The minimum atomic E-state index is -0.996. The Morgan fingerprint density at radius 3 is 2.83 bits per heavy atom. The van der Waals surface area contributed by atoms with E-state index in [2.05, 4.69) is 20.3 Å². The van der Waals surface area contributed by atoms with Crippen LogP contribution in [0.25, 0.3) is 22.3 Å². The van der Waals surface area contributed by atoms with Gasteiger partial charge in [-0.3, -0.25) is 0 Å². The Balaban J connectivity index is 1.76. The van der Waals surface area contributed by atoms with Crippen LogP contribution < -0.4 is 10.2 Å². The van der Waals surface area contributed by atoms with Gasteiger partial charge in [0, 0.05) is 42.8 Å². The molecule has 9 heteroatoms. The molecule has 0 spiro atoms. The van der Waals surface area contributed by atoms with Crippen LogP contribution in [0.2, 0.25) is 5.15 Å². The first-order chi connectivity index (χ1) is 14.2. The van der Waals surface area contributed by atoms with E-state index in [-0.39, 0.29) is 28.6 Å². The molecule has 0 saturated carbocycles. The molecule has 160 valence electrons. The van der Waals surface area contributed by atoms with Crippen molar-refractivity contribution in [2.45, 2.75) is 32.4 Å². The Bertz CT molecular complexity index is 1080. The molecule has 0 aromatic carbocycles. The number of halogens is 3. The Hall–Kier alpha value is -2.29. The van der Waals surface area contributed by atoms with Crippen LogP contribution in [0.15, 0.2) is 24.4 Å². The van der Waals surface area contributed by atoms with Crippen molar-refractivity contribution < 1.29 is 13.9 Å². The topological polar surface area (TPSA) is 77.1 Å². The van der Waals surface area contributed by atoms with Gasteiger partial charge in [0.25, 0.3) is 0 Å². The first-order valence-corrected chi connectivity index (χ1v) is 10.3. The molecule has 3 N–H and O–H groups in total. The number of hydrogen-bond donors (Lipinski definition) is 3. The van der Waals surface area contributed by atoms with Crippen LogP contribution in [-0.4, -0.2) is 51.3 Å². The highest BCUT2D eigenvalue weighted by Crippen LogP contribution is 2.37. The van der Waals surface area contributed by atoms with E-state index in [1.54, 1.807) is 30.2 Å². The molecule has 0 amide bonds. The lowest BCUT2D eigenvalue weighted by Crippen LogP contribution is -2.62. The minimum Gasteiger partial charge on any atom is -0.388 e. The number of nitrogens with zero attached hydrogens (tertiary/aromatic N) is 3. The highest BCUT2D eigenvalue weighted by atomic mass is 35.5. The molecule has 1 aliphatic rings.